The van der Waals surface area contributed by atoms with Crippen LogP contribution in [-0.2, 0) is 22.6 Å². The summed E-state index contributed by atoms with van der Waals surface area (Å²) in [6, 6.07) is 12.2. The number of methoxy groups -OCH3 is 1. The number of nitrogens with zero attached hydrogens (tertiary/aromatic N) is 1. The molecule has 0 heterocycles. The van der Waals surface area contributed by atoms with Crippen LogP contribution in [0.2, 0.25) is 0 Å². The molecule has 2 amide bonds. The third kappa shape index (κ3) is 7.79. The quantitative estimate of drug-likeness (QED) is 0.269. The van der Waals surface area contributed by atoms with Crippen molar-refractivity contribution in [2.75, 3.05) is 20.3 Å². The van der Waals surface area contributed by atoms with Gasteiger partial charge in [0.1, 0.15) is 12.2 Å². The van der Waals surface area contributed by atoms with Crippen LogP contribution in [0, 0.1) is 3.57 Å². The fraction of sp³-hybridized carbons (Fsp3) is 0.484. The number of aliphatic hydroxyl groups excluding tert-OH is 3. The van der Waals surface area contributed by atoms with E-state index < -0.39 is 18.2 Å². The number of carbonyl (C=O) groups is 2. The maximum atomic E-state index is 14.0. The van der Waals surface area contributed by atoms with Crippen LogP contribution in [0.15, 0.2) is 54.1 Å². The van der Waals surface area contributed by atoms with Crippen LogP contribution in [0.3, 0.4) is 0 Å². The van der Waals surface area contributed by atoms with Gasteiger partial charge in [-0.3, -0.25) is 9.59 Å². The molecule has 0 unspecified atom stereocenters. The minimum absolute atomic E-state index is 0.0568. The smallest absolute Gasteiger partial charge is 0.247 e. The lowest BCUT2D eigenvalue weighted by Gasteiger charge is -2.45. The van der Waals surface area contributed by atoms with Crippen molar-refractivity contribution in [1.82, 2.24) is 10.2 Å². The highest BCUT2D eigenvalue weighted by Crippen LogP contribution is 2.38. The highest BCUT2D eigenvalue weighted by atomic mass is 127. The van der Waals surface area contributed by atoms with Crippen LogP contribution >= 0.6 is 22.6 Å². The molecule has 1 saturated carbocycles. The van der Waals surface area contributed by atoms with E-state index in [1.54, 1.807) is 18.2 Å². The minimum Gasteiger partial charge on any atom is -0.493 e. The molecule has 2 aliphatic rings. The Bertz CT molecular complexity index is 1220. The van der Waals surface area contributed by atoms with Gasteiger partial charge in [-0.15, -0.1) is 0 Å². The van der Waals surface area contributed by atoms with Crippen LogP contribution in [0.5, 0.6) is 11.5 Å². The summed E-state index contributed by atoms with van der Waals surface area (Å²) >= 11 is 2.09. The number of hydrogen-bond donors (Lipinski definition) is 4. The Morgan fingerprint density at radius 3 is 2.46 bits per heavy atom. The maximum absolute atomic E-state index is 14.0. The van der Waals surface area contributed by atoms with E-state index in [2.05, 4.69) is 27.9 Å². The SMILES string of the molecule is COc1cc(CO)cc(I)c1O[C@H]1C=C(C(=O)NCCO)C[C@@H](N(C(=O)Cc2ccccc2)C2CCCCC2)[C@@H]1O. The van der Waals surface area contributed by atoms with E-state index in [0.717, 1.165) is 37.7 Å². The van der Waals surface area contributed by atoms with E-state index in [4.69, 9.17) is 9.47 Å². The van der Waals surface area contributed by atoms with Crippen LogP contribution in [0.25, 0.3) is 0 Å². The van der Waals surface area contributed by atoms with E-state index in [9.17, 15) is 24.9 Å². The Hall–Kier alpha value is -2.67. The molecule has 3 atom stereocenters. The number of hydrogen-bond acceptors (Lipinski definition) is 7. The summed E-state index contributed by atoms with van der Waals surface area (Å²) in [4.78, 5) is 28.9. The van der Waals surface area contributed by atoms with Gasteiger partial charge >= 0.3 is 0 Å². The van der Waals surface area contributed by atoms with Gasteiger partial charge in [0.15, 0.2) is 11.5 Å². The molecule has 41 heavy (non-hydrogen) atoms. The first-order chi connectivity index (χ1) is 19.9. The number of rotatable bonds is 11. The number of carbonyl (C=O) groups excluding carboxylic acids is 2. The van der Waals surface area contributed by atoms with Crippen LogP contribution in [0.1, 0.15) is 49.7 Å². The zero-order valence-corrected chi connectivity index (χ0v) is 25.5. The third-order valence-electron chi connectivity index (χ3n) is 7.75. The summed E-state index contributed by atoms with van der Waals surface area (Å²) in [6.45, 7) is -0.292. The first-order valence-corrected chi connectivity index (χ1v) is 15.2. The van der Waals surface area contributed by atoms with Gasteiger partial charge < -0.3 is 35.0 Å². The summed E-state index contributed by atoms with van der Waals surface area (Å²) in [6.07, 6.45) is 4.63. The zero-order chi connectivity index (χ0) is 29.4. The van der Waals surface area contributed by atoms with Crippen molar-refractivity contribution < 1.29 is 34.4 Å². The number of aliphatic hydroxyl groups is 3. The third-order valence-corrected chi connectivity index (χ3v) is 8.55. The van der Waals surface area contributed by atoms with Crippen LogP contribution in [-0.4, -0.2) is 76.6 Å². The van der Waals surface area contributed by atoms with E-state index in [0.29, 0.717) is 26.2 Å². The second-order valence-corrected chi connectivity index (χ2v) is 11.7. The Kier molecular flexibility index (Phi) is 11.4. The van der Waals surface area contributed by atoms with Gasteiger partial charge in [-0.05, 0) is 64.8 Å². The lowest BCUT2D eigenvalue weighted by atomic mass is 9.84. The van der Waals surface area contributed by atoms with Gasteiger partial charge in [-0.25, -0.2) is 0 Å². The molecule has 1 fully saturated rings. The van der Waals surface area contributed by atoms with Crippen molar-refractivity contribution in [3.8, 4) is 11.5 Å². The van der Waals surface area contributed by atoms with Crippen molar-refractivity contribution in [2.24, 2.45) is 0 Å². The zero-order valence-electron chi connectivity index (χ0n) is 23.3. The minimum atomic E-state index is -1.12. The fourth-order valence-electron chi connectivity index (χ4n) is 5.74. The fourth-order valence-corrected chi connectivity index (χ4v) is 6.54. The van der Waals surface area contributed by atoms with Crippen LogP contribution < -0.4 is 14.8 Å². The maximum Gasteiger partial charge on any atom is 0.247 e. The number of ether oxygens (including phenoxy) is 2. The molecule has 9 nitrogen and oxygen atoms in total. The average Bonchev–Trinajstić information content (AvgIpc) is 2.99. The van der Waals surface area contributed by atoms with E-state index >= 15 is 0 Å². The molecule has 0 bridgehead atoms. The first kappa shape index (κ1) is 31.3. The summed E-state index contributed by atoms with van der Waals surface area (Å²) in [5.74, 6) is 0.295. The molecule has 0 saturated heterocycles. The number of halogens is 1. The standard InChI is InChI=1S/C31H39IN2O7/c1-40-27-15-21(19-36)14-24(32)30(27)41-26-18-22(31(39)33-12-13-35)17-25(29(26)38)34(23-10-6-3-7-11-23)28(37)16-20-8-4-2-5-9-20/h2,4-5,8-9,14-15,18,23,25-26,29,35-36,38H,3,6-7,10-13,16-17,19H2,1H3,(H,33,39)/t25-,26+,29+/m1/s1. The molecular weight excluding hydrogens is 639 g/mol. The molecule has 222 valence electrons. The Morgan fingerprint density at radius 2 is 1.80 bits per heavy atom. The molecular formula is C31H39IN2O7. The topological polar surface area (TPSA) is 129 Å². The normalized spacial score (nSPS) is 21.1. The average molecular weight is 679 g/mol. The van der Waals surface area contributed by atoms with Crippen molar-refractivity contribution in [1.29, 1.82) is 0 Å². The Labute approximate surface area is 254 Å². The molecule has 4 N–H and O–H groups in total. The van der Waals surface area contributed by atoms with Gasteiger partial charge in [0.2, 0.25) is 11.8 Å². The molecule has 10 heteroatoms. The highest BCUT2D eigenvalue weighted by Gasteiger charge is 2.43. The van der Waals surface area contributed by atoms with Gasteiger partial charge in [0, 0.05) is 24.6 Å². The van der Waals surface area contributed by atoms with Gasteiger partial charge in [0.25, 0.3) is 0 Å². The molecule has 2 aliphatic carbocycles. The largest absolute Gasteiger partial charge is 0.493 e. The second kappa shape index (κ2) is 15.0. The van der Waals surface area contributed by atoms with Gasteiger partial charge in [0.05, 0.1) is 36.4 Å². The summed E-state index contributed by atoms with van der Waals surface area (Å²) in [7, 11) is 1.50. The molecule has 0 aromatic heterocycles. The summed E-state index contributed by atoms with van der Waals surface area (Å²) < 4.78 is 12.6. The summed E-state index contributed by atoms with van der Waals surface area (Å²) in [5.41, 5.74) is 1.92. The predicted molar refractivity (Wildman–Crippen MR) is 163 cm³/mol. The molecule has 4 rings (SSSR count). The molecule has 2 aromatic carbocycles. The lowest BCUT2D eigenvalue weighted by Crippen LogP contribution is -2.58. The Balaban J connectivity index is 1.71. The second-order valence-electron chi connectivity index (χ2n) is 10.5. The van der Waals surface area contributed by atoms with E-state index in [-0.39, 0.29) is 50.5 Å². The first-order valence-electron chi connectivity index (χ1n) is 14.1. The monoisotopic (exact) mass is 678 g/mol. The Morgan fingerprint density at radius 1 is 1.07 bits per heavy atom. The van der Waals surface area contributed by atoms with E-state index in [1.165, 1.54) is 7.11 Å². The van der Waals surface area contributed by atoms with Crippen molar-refractivity contribution in [2.45, 2.75) is 75.8 Å². The van der Waals surface area contributed by atoms with Crippen molar-refractivity contribution in [3.05, 3.63) is 68.8 Å². The van der Waals surface area contributed by atoms with Gasteiger partial charge in [-0.2, -0.15) is 0 Å². The lowest BCUT2D eigenvalue weighted by molar-refractivity contribution is -0.142. The van der Waals surface area contributed by atoms with Crippen molar-refractivity contribution >= 4 is 34.4 Å². The van der Waals surface area contributed by atoms with E-state index in [1.807, 2.05) is 35.2 Å². The number of benzene rings is 2. The number of amides is 2. The molecule has 2 aromatic rings. The molecule has 0 aliphatic heterocycles. The number of nitrogens with one attached hydrogen (secondary N) is 1. The molecule has 0 radical (unpaired) electrons. The predicted octanol–water partition coefficient (Wildman–Crippen LogP) is 3.11. The highest BCUT2D eigenvalue weighted by molar-refractivity contribution is 14.1. The van der Waals surface area contributed by atoms with Crippen molar-refractivity contribution in [3.63, 3.8) is 0 Å². The van der Waals surface area contributed by atoms with Gasteiger partial charge in [-0.1, -0.05) is 49.6 Å². The molecule has 0 spiro atoms. The summed E-state index contributed by atoms with van der Waals surface area (Å²) in [5, 5.41) is 33.4. The van der Waals surface area contributed by atoms with Crippen LogP contribution in [0.4, 0.5) is 0 Å².